The van der Waals surface area contributed by atoms with Gasteiger partial charge in [-0.05, 0) is 13.3 Å². The summed E-state index contributed by atoms with van der Waals surface area (Å²) in [6.07, 6.45) is -1.38. The third-order valence-corrected chi connectivity index (χ3v) is 2.12. The number of hydrogen-bond donors (Lipinski definition) is 1. The molecule has 1 radical (unpaired) electrons. The Morgan fingerprint density at radius 3 is 2.09 bits per heavy atom. The van der Waals surface area contributed by atoms with Crippen LogP contribution in [0.4, 0.5) is 0 Å². The van der Waals surface area contributed by atoms with Crippen molar-refractivity contribution in [2.24, 2.45) is 0 Å². The molecule has 67 valence electrons. The fourth-order valence-corrected chi connectivity index (χ4v) is 1.31. The molecule has 0 aromatic rings. The van der Waals surface area contributed by atoms with Gasteiger partial charge in [0, 0.05) is 0 Å². The zero-order valence-corrected chi connectivity index (χ0v) is 7.17. The van der Waals surface area contributed by atoms with E-state index in [0.717, 1.165) is 6.92 Å². The van der Waals surface area contributed by atoms with Gasteiger partial charge in [0.25, 0.3) is 10.1 Å². The second kappa shape index (κ2) is 4.01. The fraction of sp³-hybridized carbons (Fsp3) is 1.00. The predicted molar refractivity (Wildman–Crippen MR) is 36.9 cm³/mol. The van der Waals surface area contributed by atoms with Crippen molar-refractivity contribution < 1.29 is 22.8 Å². The topological polar surface area (TPSA) is 83.5 Å². The summed E-state index contributed by atoms with van der Waals surface area (Å²) in [4.78, 5) is 0. The highest BCUT2D eigenvalue weighted by Crippen LogP contribution is 2.07. The van der Waals surface area contributed by atoms with Gasteiger partial charge in [-0.1, -0.05) is 6.92 Å². The Morgan fingerprint density at radius 1 is 1.55 bits per heavy atom. The molecule has 0 fully saturated rings. The van der Waals surface area contributed by atoms with Gasteiger partial charge < -0.3 is 4.74 Å². The molecule has 0 rings (SSSR count). The minimum absolute atomic E-state index is 0.0609. The Bertz CT molecular complexity index is 195. The van der Waals surface area contributed by atoms with E-state index >= 15 is 0 Å². The van der Waals surface area contributed by atoms with E-state index in [-0.39, 0.29) is 6.42 Å². The maximum absolute atomic E-state index is 10.4. The highest BCUT2D eigenvalue weighted by atomic mass is 32.2. The van der Waals surface area contributed by atoms with Crippen molar-refractivity contribution in [1.82, 2.24) is 0 Å². The van der Waals surface area contributed by atoms with Crippen LogP contribution in [0.1, 0.15) is 20.3 Å². The van der Waals surface area contributed by atoms with Crippen LogP contribution >= 0.6 is 0 Å². The summed E-state index contributed by atoms with van der Waals surface area (Å²) in [6.45, 7) is 2.66. The van der Waals surface area contributed by atoms with E-state index in [1.54, 1.807) is 0 Å². The third-order valence-electron chi connectivity index (χ3n) is 1.01. The largest absolute Gasteiger partial charge is 0.328 e. The van der Waals surface area contributed by atoms with Gasteiger partial charge in [0.15, 0.2) is 11.7 Å². The van der Waals surface area contributed by atoms with Gasteiger partial charge in [0.2, 0.25) is 0 Å². The summed E-state index contributed by atoms with van der Waals surface area (Å²) in [5, 5.41) is 10.3. The lowest BCUT2D eigenvalue weighted by Gasteiger charge is -2.12. The number of hydrogen-bond acceptors (Lipinski definition) is 3. The van der Waals surface area contributed by atoms with E-state index in [0.29, 0.717) is 0 Å². The van der Waals surface area contributed by atoms with E-state index in [9.17, 15) is 13.5 Å². The Balaban J connectivity index is 4.20. The maximum atomic E-state index is 10.4. The summed E-state index contributed by atoms with van der Waals surface area (Å²) in [6, 6.07) is 0. The van der Waals surface area contributed by atoms with Crippen LogP contribution in [0.5, 0.6) is 0 Å². The highest BCUT2D eigenvalue weighted by Gasteiger charge is 2.23. The first-order valence-electron chi connectivity index (χ1n) is 3.15. The van der Waals surface area contributed by atoms with Crippen LogP contribution in [0.25, 0.3) is 0 Å². The quantitative estimate of drug-likeness (QED) is 0.505. The Hall–Kier alpha value is -0.170. The zero-order chi connectivity index (χ0) is 9.07. The van der Waals surface area contributed by atoms with Crippen molar-refractivity contribution >= 4 is 10.1 Å². The van der Waals surface area contributed by atoms with E-state index in [4.69, 9.17) is 4.55 Å². The average Bonchev–Trinajstić information content (AvgIpc) is 1.79. The summed E-state index contributed by atoms with van der Waals surface area (Å²) in [5.74, 6) is 0. The van der Waals surface area contributed by atoms with Crippen molar-refractivity contribution in [3.8, 4) is 0 Å². The predicted octanol–water partition coefficient (Wildman–Crippen LogP) is 0.403. The van der Waals surface area contributed by atoms with Gasteiger partial charge >= 0.3 is 0 Å². The molecular formula is C5H11O5S. The van der Waals surface area contributed by atoms with Gasteiger partial charge in [-0.2, -0.15) is 8.42 Å². The molecule has 0 spiro atoms. The van der Waals surface area contributed by atoms with E-state index in [1.807, 2.05) is 0 Å². The smallest absolute Gasteiger partial charge is 0.292 e. The van der Waals surface area contributed by atoms with Crippen LogP contribution in [-0.4, -0.2) is 24.7 Å². The lowest BCUT2D eigenvalue weighted by molar-refractivity contribution is -0.139. The van der Waals surface area contributed by atoms with Crippen molar-refractivity contribution in [3.05, 3.63) is 0 Å². The molecule has 0 aliphatic heterocycles. The molecule has 2 atom stereocenters. The normalized spacial score (nSPS) is 17.8. The second-order valence-corrected chi connectivity index (χ2v) is 3.61. The van der Waals surface area contributed by atoms with E-state index < -0.39 is 21.8 Å². The summed E-state index contributed by atoms with van der Waals surface area (Å²) < 4.78 is 33.6. The number of rotatable bonds is 4. The lowest BCUT2D eigenvalue weighted by Crippen LogP contribution is -2.26. The zero-order valence-electron chi connectivity index (χ0n) is 6.35. The molecular weight excluding hydrogens is 172 g/mol. The average molecular weight is 183 g/mol. The molecule has 0 aromatic heterocycles. The van der Waals surface area contributed by atoms with Crippen LogP contribution in [0.3, 0.4) is 0 Å². The van der Waals surface area contributed by atoms with Crippen molar-refractivity contribution in [1.29, 1.82) is 0 Å². The second-order valence-electron chi connectivity index (χ2n) is 2.06. The first-order valence-corrected chi connectivity index (χ1v) is 4.65. The molecule has 0 aliphatic rings. The molecule has 5 nitrogen and oxygen atoms in total. The van der Waals surface area contributed by atoms with Gasteiger partial charge in [0.1, 0.15) is 0 Å². The summed E-state index contributed by atoms with van der Waals surface area (Å²) in [7, 11) is -4.23. The first-order chi connectivity index (χ1) is 4.88. The van der Waals surface area contributed by atoms with Crippen molar-refractivity contribution in [3.63, 3.8) is 0 Å². The molecule has 0 saturated heterocycles. The minimum atomic E-state index is -4.23. The minimum Gasteiger partial charge on any atom is -0.328 e. The Morgan fingerprint density at radius 2 is 2.00 bits per heavy atom. The molecule has 1 N–H and O–H groups in total. The molecule has 0 heterocycles. The van der Waals surface area contributed by atoms with Gasteiger partial charge in [-0.3, -0.25) is 4.55 Å². The van der Waals surface area contributed by atoms with Gasteiger partial charge in [0.05, 0.1) is 0 Å². The lowest BCUT2D eigenvalue weighted by atomic mass is 10.5. The van der Waals surface area contributed by atoms with Crippen molar-refractivity contribution in [2.45, 2.75) is 32.0 Å². The Labute approximate surface area is 65.7 Å². The third kappa shape index (κ3) is 4.31. The molecule has 0 aliphatic carbocycles. The number of ether oxygens (including phenoxy) is 1. The molecule has 0 bridgehead atoms. The molecule has 0 saturated carbocycles. The van der Waals surface area contributed by atoms with E-state index in [1.165, 1.54) is 6.92 Å². The summed E-state index contributed by atoms with van der Waals surface area (Å²) >= 11 is 0. The summed E-state index contributed by atoms with van der Waals surface area (Å²) in [5.41, 5.74) is -1.39. The van der Waals surface area contributed by atoms with Gasteiger partial charge in [-0.15, -0.1) is 0 Å². The first kappa shape index (κ1) is 10.8. The maximum Gasteiger partial charge on any atom is 0.292 e. The monoisotopic (exact) mass is 183 g/mol. The van der Waals surface area contributed by atoms with Crippen LogP contribution in [-0.2, 0) is 20.0 Å². The van der Waals surface area contributed by atoms with Crippen LogP contribution in [0, 0.1) is 0 Å². The van der Waals surface area contributed by atoms with Crippen LogP contribution in [0.15, 0.2) is 0 Å². The van der Waals surface area contributed by atoms with Crippen molar-refractivity contribution in [2.75, 3.05) is 0 Å². The molecule has 2 unspecified atom stereocenters. The van der Waals surface area contributed by atoms with E-state index in [2.05, 4.69) is 4.74 Å². The standard InChI is InChI=1S/C5H11O5S/c1-3-5(10-4(2)6)11(7,8)9/h4-5H,3H2,1-2H3,(H,7,8,9). The SMILES string of the molecule is CCC(OC(C)[O])S(=O)(=O)O. The molecule has 0 aromatic carbocycles. The van der Waals surface area contributed by atoms with Gasteiger partial charge in [-0.25, -0.2) is 5.11 Å². The Kier molecular flexibility index (Phi) is 3.95. The molecule has 6 heteroatoms. The molecule has 0 amide bonds. The van der Waals surface area contributed by atoms with Crippen LogP contribution < -0.4 is 0 Å². The fourth-order valence-electron chi connectivity index (χ4n) is 0.591. The highest BCUT2D eigenvalue weighted by molar-refractivity contribution is 7.86. The van der Waals surface area contributed by atoms with Crippen LogP contribution in [0.2, 0.25) is 0 Å². The molecule has 11 heavy (non-hydrogen) atoms.